The highest BCUT2D eigenvalue weighted by atomic mass is 19.1. The van der Waals surface area contributed by atoms with Crippen LogP contribution in [0, 0.1) is 18.2 Å². The first-order valence-electron chi connectivity index (χ1n) is 12.5. The summed E-state index contributed by atoms with van der Waals surface area (Å²) in [6.07, 6.45) is 3.71. The van der Waals surface area contributed by atoms with Gasteiger partial charge in [0.25, 0.3) is 0 Å². The molecule has 0 spiro atoms. The molecule has 0 bridgehead atoms. The summed E-state index contributed by atoms with van der Waals surface area (Å²) in [6.45, 7) is 12.6. The van der Waals surface area contributed by atoms with Crippen molar-refractivity contribution < 1.29 is 9.18 Å². The molecule has 3 aromatic carbocycles. The summed E-state index contributed by atoms with van der Waals surface area (Å²) in [5.74, 6) is -0.359. The maximum atomic E-state index is 13.1. The molecule has 0 aromatic heterocycles. The van der Waals surface area contributed by atoms with Gasteiger partial charge in [0, 0.05) is 29.7 Å². The molecule has 188 valence electrons. The van der Waals surface area contributed by atoms with Crippen molar-refractivity contribution in [2.45, 2.75) is 67.3 Å². The van der Waals surface area contributed by atoms with Crippen LogP contribution in [0.5, 0.6) is 0 Å². The monoisotopic (exact) mass is 477 g/mol. The van der Waals surface area contributed by atoms with E-state index in [4.69, 9.17) is 5.41 Å². The summed E-state index contributed by atoms with van der Waals surface area (Å²) in [5.41, 5.74) is 6.28. The summed E-state index contributed by atoms with van der Waals surface area (Å²) >= 11 is 0. The second-order valence-corrected chi connectivity index (χ2v) is 7.67. The van der Waals surface area contributed by atoms with Crippen LogP contribution in [0.2, 0.25) is 0 Å². The van der Waals surface area contributed by atoms with Gasteiger partial charge in [0.15, 0.2) is 0 Å². The van der Waals surface area contributed by atoms with Gasteiger partial charge < -0.3 is 16.0 Å². The number of amides is 1. The number of anilines is 2. The zero-order valence-corrected chi connectivity index (χ0v) is 22.0. The van der Waals surface area contributed by atoms with Crippen molar-refractivity contribution in [1.29, 1.82) is 5.41 Å². The topological polar surface area (TPSA) is 65.0 Å². The van der Waals surface area contributed by atoms with Crippen molar-refractivity contribution >= 4 is 23.5 Å². The summed E-state index contributed by atoms with van der Waals surface area (Å²) in [5, 5.41) is 14.0. The lowest BCUT2D eigenvalue weighted by molar-refractivity contribution is -0.115. The Bertz CT molecular complexity index is 1040. The number of nitrogens with one attached hydrogen (secondary N) is 3. The Morgan fingerprint density at radius 1 is 0.914 bits per heavy atom. The normalized spacial score (nSPS) is 9.69. The van der Waals surface area contributed by atoms with E-state index in [2.05, 4.69) is 29.7 Å². The molecule has 0 radical (unpaired) electrons. The number of carbonyl (C=O) groups excluding carboxylic acids is 1. The van der Waals surface area contributed by atoms with Gasteiger partial charge in [0.1, 0.15) is 5.82 Å². The van der Waals surface area contributed by atoms with Crippen molar-refractivity contribution in [3.8, 4) is 0 Å². The van der Waals surface area contributed by atoms with E-state index in [0.717, 1.165) is 35.2 Å². The van der Waals surface area contributed by atoms with Crippen LogP contribution in [-0.2, 0) is 24.2 Å². The predicted octanol–water partition coefficient (Wildman–Crippen LogP) is 7.93. The van der Waals surface area contributed by atoms with E-state index < -0.39 is 0 Å². The van der Waals surface area contributed by atoms with Gasteiger partial charge in [0.2, 0.25) is 5.91 Å². The lowest BCUT2D eigenvalue weighted by atomic mass is 10.0. The minimum atomic E-state index is -0.267. The van der Waals surface area contributed by atoms with Gasteiger partial charge >= 0.3 is 0 Å². The van der Waals surface area contributed by atoms with Crippen LogP contribution < -0.4 is 10.6 Å². The van der Waals surface area contributed by atoms with E-state index in [1.807, 2.05) is 52.8 Å². The van der Waals surface area contributed by atoms with Gasteiger partial charge in [-0.05, 0) is 59.9 Å². The minimum Gasteiger partial charge on any atom is -0.380 e. The molecule has 3 aromatic rings. The molecular formula is C30H40FN3O. The Morgan fingerprint density at radius 2 is 1.49 bits per heavy atom. The molecule has 3 rings (SSSR count). The molecule has 0 saturated carbocycles. The maximum absolute atomic E-state index is 13.1. The second-order valence-electron chi connectivity index (χ2n) is 7.67. The number of aryl methyl sites for hydroxylation is 2. The molecule has 5 heteroatoms. The molecule has 0 aliphatic carbocycles. The molecule has 35 heavy (non-hydrogen) atoms. The first-order valence-corrected chi connectivity index (χ1v) is 12.5. The van der Waals surface area contributed by atoms with Crippen LogP contribution in [-0.4, -0.2) is 12.1 Å². The molecule has 3 N–H and O–H groups in total. The molecule has 0 aliphatic heterocycles. The molecule has 4 nitrogen and oxygen atoms in total. The first-order chi connectivity index (χ1) is 17.0. The van der Waals surface area contributed by atoms with Crippen LogP contribution in [0.1, 0.15) is 68.9 Å². The smallest absolute Gasteiger partial charge is 0.228 e. The highest BCUT2D eigenvalue weighted by molar-refractivity contribution is 5.95. The van der Waals surface area contributed by atoms with Crippen LogP contribution in [0.15, 0.2) is 60.7 Å². The van der Waals surface area contributed by atoms with E-state index in [1.165, 1.54) is 23.9 Å². The number of hydrogen-bond donors (Lipinski definition) is 3. The first kappa shape index (κ1) is 29.6. The Morgan fingerprint density at radius 3 is 2.06 bits per heavy atom. The molecule has 1 amide bonds. The molecular weight excluding hydrogens is 437 g/mol. The molecule has 0 atom stereocenters. The van der Waals surface area contributed by atoms with Crippen molar-refractivity contribution in [2.24, 2.45) is 0 Å². The zero-order chi connectivity index (χ0) is 26.2. The van der Waals surface area contributed by atoms with Gasteiger partial charge in [-0.1, -0.05) is 77.4 Å². The fourth-order valence-electron chi connectivity index (χ4n) is 3.54. The van der Waals surface area contributed by atoms with E-state index in [-0.39, 0.29) is 11.7 Å². The third-order valence-electron chi connectivity index (χ3n) is 5.11. The molecule has 0 saturated heterocycles. The fraction of sp³-hybridized carbons (Fsp3) is 0.333. The standard InChI is InChI=1S/C26H28FN3O.2C2H6/c1-3-4-19-5-7-20(8-6-19)14-25(31)30-24-13-18(2)26(22(15-24)16-28)29-17-21-9-11-23(27)12-10-21;2*1-2/h5-13,15-16,28-29H,3-4,14,17H2,1-2H3,(H,30,31);2*1-2H3. The van der Waals surface area contributed by atoms with Crippen molar-refractivity contribution in [1.82, 2.24) is 0 Å². The third kappa shape index (κ3) is 9.73. The number of carbonyl (C=O) groups is 1. The third-order valence-corrected chi connectivity index (χ3v) is 5.11. The van der Waals surface area contributed by atoms with Gasteiger partial charge in [-0.25, -0.2) is 4.39 Å². The Balaban J connectivity index is 0.00000145. The zero-order valence-electron chi connectivity index (χ0n) is 22.0. The molecule has 0 aliphatic rings. The highest BCUT2D eigenvalue weighted by Gasteiger charge is 2.10. The summed E-state index contributed by atoms with van der Waals surface area (Å²) in [6, 6.07) is 18.1. The van der Waals surface area contributed by atoms with Crippen molar-refractivity contribution in [2.75, 3.05) is 10.6 Å². The molecule has 0 fully saturated rings. The molecule has 0 heterocycles. The lowest BCUT2D eigenvalue weighted by Gasteiger charge is -2.15. The number of benzene rings is 3. The van der Waals surface area contributed by atoms with E-state index >= 15 is 0 Å². The van der Waals surface area contributed by atoms with Crippen LogP contribution >= 0.6 is 0 Å². The van der Waals surface area contributed by atoms with E-state index in [1.54, 1.807) is 18.2 Å². The van der Waals surface area contributed by atoms with Gasteiger partial charge in [-0.2, -0.15) is 0 Å². The number of rotatable bonds is 9. The summed E-state index contributed by atoms with van der Waals surface area (Å²) in [4.78, 5) is 12.5. The summed E-state index contributed by atoms with van der Waals surface area (Å²) < 4.78 is 13.1. The minimum absolute atomic E-state index is 0.0920. The second kappa shape index (κ2) is 16.2. The Kier molecular flexibility index (Phi) is 13.7. The predicted molar refractivity (Wildman–Crippen MR) is 148 cm³/mol. The SMILES string of the molecule is CC.CC.CCCc1ccc(CC(=O)Nc2cc(C)c(NCc3ccc(F)cc3)c(C=N)c2)cc1. The largest absolute Gasteiger partial charge is 0.380 e. The van der Waals surface area contributed by atoms with Gasteiger partial charge in [0.05, 0.1) is 6.42 Å². The van der Waals surface area contributed by atoms with E-state index in [9.17, 15) is 9.18 Å². The average molecular weight is 478 g/mol. The Hall–Kier alpha value is -3.47. The quantitative estimate of drug-likeness (QED) is 0.274. The fourth-order valence-corrected chi connectivity index (χ4v) is 3.54. The highest BCUT2D eigenvalue weighted by Crippen LogP contribution is 2.25. The lowest BCUT2D eigenvalue weighted by Crippen LogP contribution is -2.15. The number of halogens is 1. The molecule has 0 unspecified atom stereocenters. The average Bonchev–Trinajstić information content (AvgIpc) is 2.88. The van der Waals surface area contributed by atoms with Crippen LogP contribution in [0.4, 0.5) is 15.8 Å². The van der Waals surface area contributed by atoms with Crippen LogP contribution in [0.3, 0.4) is 0 Å². The van der Waals surface area contributed by atoms with Gasteiger partial charge in [-0.3, -0.25) is 4.79 Å². The van der Waals surface area contributed by atoms with Gasteiger partial charge in [-0.15, -0.1) is 0 Å². The Labute approximate surface area is 210 Å². The number of hydrogen-bond acceptors (Lipinski definition) is 3. The summed E-state index contributed by atoms with van der Waals surface area (Å²) in [7, 11) is 0. The van der Waals surface area contributed by atoms with Crippen molar-refractivity contribution in [3.05, 3.63) is 94.3 Å². The van der Waals surface area contributed by atoms with E-state index in [0.29, 0.717) is 24.2 Å². The maximum Gasteiger partial charge on any atom is 0.228 e. The van der Waals surface area contributed by atoms with Crippen LogP contribution in [0.25, 0.3) is 0 Å². The van der Waals surface area contributed by atoms with Crippen molar-refractivity contribution in [3.63, 3.8) is 0 Å².